The van der Waals surface area contributed by atoms with Crippen LogP contribution in [-0.2, 0) is 28.5 Å². The molecule has 208 valence electrons. The molecule has 5 atom stereocenters. The molecule has 4 saturated carbocycles. The van der Waals surface area contributed by atoms with Gasteiger partial charge in [0.05, 0.1) is 18.2 Å². The van der Waals surface area contributed by atoms with Crippen LogP contribution in [0, 0.1) is 35.5 Å². The van der Waals surface area contributed by atoms with Crippen molar-refractivity contribution >= 4 is 29.3 Å². The Kier molecular flexibility index (Phi) is 7.97. The summed E-state index contributed by atoms with van der Waals surface area (Å²) in [6.45, 7) is 6.79. The summed E-state index contributed by atoms with van der Waals surface area (Å²) in [6.07, 6.45) is 4.35. The summed E-state index contributed by atoms with van der Waals surface area (Å²) >= 11 is 7.00. The highest BCUT2D eigenvalue weighted by Crippen LogP contribution is 2.58. The van der Waals surface area contributed by atoms with Crippen molar-refractivity contribution in [1.29, 1.82) is 0 Å². The summed E-state index contributed by atoms with van der Waals surface area (Å²) in [5, 5.41) is 0.443. The number of carbonyl (C=O) groups is 2. The Labute approximate surface area is 230 Å². The predicted octanol–water partition coefficient (Wildman–Crippen LogP) is 6.02. The number of esters is 2. The minimum absolute atomic E-state index is 0.0397. The minimum atomic E-state index is -0.918. The molecule has 0 N–H and O–H groups in total. The topological polar surface area (TPSA) is 80.3 Å². The molecule has 0 radical (unpaired) electrons. The molecule has 1 saturated heterocycles. The van der Waals surface area contributed by atoms with Crippen molar-refractivity contribution in [3.8, 4) is 5.75 Å². The van der Waals surface area contributed by atoms with Gasteiger partial charge in [0.2, 0.25) is 6.29 Å². The maximum Gasteiger partial charge on any atom is 0.303 e. The molecule has 4 aliphatic carbocycles. The van der Waals surface area contributed by atoms with E-state index in [-0.39, 0.29) is 24.4 Å². The highest BCUT2D eigenvalue weighted by Gasteiger charge is 2.48. The van der Waals surface area contributed by atoms with Gasteiger partial charge in [-0.15, -0.1) is 0 Å². The number of halogens is 1. The van der Waals surface area contributed by atoms with Crippen molar-refractivity contribution in [2.75, 3.05) is 13.7 Å². The van der Waals surface area contributed by atoms with Gasteiger partial charge in [0.15, 0.2) is 6.10 Å². The quantitative estimate of drug-likeness (QED) is 0.305. The van der Waals surface area contributed by atoms with Crippen LogP contribution in [0.2, 0.25) is 5.02 Å². The molecule has 38 heavy (non-hydrogen) atoms. The van der Waals surface area contributed by atoms with E-state index < -0.39 is 24.5 Å². The molecule has 1 aliphatic heterocycles. The Bertz CT molecular complexity index is 1070. The first-order chi connectivity index (χ1) is 18.2. The predicted molar refractivity (Wildman–Crippen MR) is 142 cm³/mol. The molecule has 0 spiro atoms. The van der Waals surface area contributed by atoms with Crippen LogP contribution in [0.1, 0.15) is 65.4 Å². The first-order valence-electron chi connectivity index (χ1n) is 13.9. The van der Waals surface area contributed by atoms with Gasteiger partial charge in [0.1, 0.15) is 18.1 Å². The number of benzene rings is 1. The number of rotatable bonds is 7. The van der Waals surface area contributed by atoms with E-state index in [4.69, 9.17) is 35.3 Å². The van der Waals surface area contributed by atoms with Crippen molar-refractivity contribution in [1.82, 2.24) is 0 Å². The Morgan fingerprint density at radius 3 is 2.21 bits per heavy atom. The molecule has 1 heterocycles. The second-order valence-electron chi connectivity index (χ2n) is 11.7. The van der Waals surface area contributed by atoms with Crippen LogP contribution in [-0.4, -0.2) is 44.2 Å². The number of methoxy groups -OCH3 is 1. The minimum Gasteiger partial charge on any atom is -0.496 e. The lowest BCUT2D eigenvalue weighted by atomic mass is 9.54. The molecule has 5 fully saturated rings. The van der Waals surface area contributed by atoms with Gasteiger partial charge in [-0.3, -0.25) is 9.59 Å². The van der Waals surface area contributed by atoms with E-state index in [1.807, 2.05) is 26.0 Å². The Balaban J connectivity index is 1.44. The lowest BCUT2D eigenvalue weighted by Crippen LogP contribution is -2.54. The Morgan fingerprint density at radius 1 is 0.974 bits per heavy atom. The van der Waals surface area contributed by atoms with E-state index in [0.29, 0.717) is 22.6 Å². The van der Waals surface area contributed by atoms with E-state index in [1.54, 1.807) is 13.2 Å². The third-order valence-electron chi connectivity index (χ3n) is 9.20. The SMILES string of the molecule is COC(=C1C2CC3CC(C2)CC1C3)c1cccc(O[C@@H]2OC(COC(C)=O)[C@H](C)[C@H](C)C2OC(C)=O)c1Cl. The summed E-state index contributed by atoms with van der Waals surface area (Å²) in [5.41, 5.74) is 2.22. The van der Waals surface area contributed by atoms with Gasteiger partial charge in [-0.1, -0.05) is 31.5 Å². The van der Waals surface area contributed by atoms with Crippen molar-refractivity contribution in [3.05, 3.63) is 34.4 Å². The first-order valence-corrected chi connectivity index (χ1v) is 14.2. The number of carbonyl (C=O) groups excluding carboxylic acids is 2. The lowest BCUT2D eigenvalue weighted by molar-refractivity contribution is -0.253. The van der Waals surface area contributed by atoms with Crippen LogP contribution >= 0.6 is 11.6 Å². The molecule has 5 aliphatic rings. The van der Waals surface area contributed by atoms with Gasteiger partial charge in [-0.05, 0) is 79.4 Å². The maximum atomic E-state index is 12.0. The van der Waals surface area contributed by atoms with Crippen LogP contribution in [0.3, 0.4) is 0 Å². The van der Waals surface area contributed by atoms with Crippen LogP contribution < -0.4 is 4.74 Å². The van der Waals surface area contributed by atoms with Crippen LogP contribution in [0.4, 0.5) is 0 Å². The van der Waals surface area contributed by atoms with E-state index in [0.717, 1.165) is 23.2 Å². The summed E-state index contributed by atoms with van der Waals surface area (Å²) in [5.74, 6) is 3.15. The molecule has 6 rings (SSSR count). The number of ether oxygens (including phenoxy) is 5. The number of allylic oxidation sites excluding steroid dienone is 1. The maximum absolute atomic E-state index is 12.0. The van der Waals surface area contributed by atoms with Gasteiger partial charge < -0.3 is 23.7 Å². The molecule has 2 unspecified atom stereocenters. The van der Waals surface area contributed by atoms with Crippen LogP contribution in [0.25, 0.3) is 5.76 Å². The third-order valence-corrected chi connectivity index (χ3v) is 9.59. The molecular formula is C30H39ClO7. The van der Waals surface area contributed by atoms with E-state index in [1.165, 1.54) is 51.5 Å². The summed E-state index contributed by atoms with van der Waals surface area (Å²) in [4.78, 5) is 23.4. The summed E-state index contributed by atoms with van der Waals surface area (Å²) < 4.78 is 29.5. The van der Waals surface area contributed by atoms with Gasteiger partial charge in [-0.2, -0.15) is 0 Å². The zero-order valence-corrected chi connectivity index (χ0v) is 23.7. The summed E-state index contributed by atoms with van der Waals surface area (Å²) in [6, 6.07) is 5.67. The molecule has 8 heteroatoms. The molecule has 0 amide bonds. The van der Waals surface area contributed by atoms with E-state index in [9.17, 15) is 9.59 Å². The molecule has 7 nitrogen and oxygen atoms in total. The third kappa shape index (κ3) is 5.29. The largest absolute Gasteiger partial charge is 0.496 e. The molecule has 0 aromatic heterocycles. The standard InChI is InChI=1S/C30H39ClO7/c1-15-16(2)28(36-18(4)33)30(38-25(15)14-35-17(3)32)37-24-8-6-7-23(27(24)31)29(34-5)26-21-10-19-9-20(12-21)13-22(26)11-19/h6-8,15-16,19-22,25,28,30H,9-14H2,1-5H3/t15-,16+,19?,20?,21?,22?,25?,28?,30-/m1/s1. The number of hydrogen-bond acceptors (Lipinski definition) is 7. The zero-order valence-electron chi connectivity index (χ0n) is 22.9. The molecular weight excluding hydrogens is 508 g/mol. The Hall–Kier alpha value is -2.25. The highest BCUT2D eigenvalue weighted by atomic mass is 35.5. The van der Waals surface area contributed by atoms with E-state index >= 15 is 0 Å². The van der Waals surface area contributed by atoms with Gasteiger partial charge >= 0.3 is 11.9 Å². The van der Waals surface area contributed by atoms with Crippen molar-refractivity contribution in [2.45, 2.75) is 78.3 Å². The van der Waals surface area contributed by atoms with Gasteiger partial charge in [0, 0.05) is 25.3 Å². The molecule has 1 aromatic rings. The normalized spacial score (nSPS) is 35.5. The molecule has 4 bridgehead atoms. The average molecular weight is 547 g/mol. The van der Waals surface area contributed by atoms with E-state index in [2.05, 4.69) is 0 Å². The van der Waals surface area contributed by atoms with Crippen molar-refractivity contribution in [2.24, 2.45) is 35.5 Å². The van der Waals surface area contributed by atoms with Crippen LogP contribution in [0.5, 0.6) is 5.75 Å². The smallest absolute Gasteiger partial charge is 0.303 e. The lowest BCUT2D eigenvalue weighted by Gasteiger charge is -2.51. The van der Waals surface area contributed by atoms with Gasteiger partial charge in [-0.25, -0.2) is 0 Å². The zero-order chi connectivity index (χ0) is 27.1. The molecule has 1 aromatic carbocycles. The Morgan fingerprint density at radius 2 is 1.63 bits per heavy atom. The fourth-order valence-corrected chi connectivity index (χ4v) is 7.70. The second-order valence-corrected chi connectivity index (χ2v) is 12.0. The fourth-order valence-electron chi connectivity index (χ4n) is 7.45. The van der Waals surface area contributed by atoms with Crippen LogP contribution in [0.15, 0.2) is 23.8 Å². The van der Waals surface area contributed by atoms with Gasteiger partial charge in [0.25, 0.3) is 0 Å². The average Bonchev–Trinajstić information content (AvgIpc) is 2.86. The highest BCUT2D eigenvalue weighted by molar-refractivity contribution is 6.33. The monoisotopic (exact) mass is 546 g/mol. The van der Waals surface area contributed by atoms with Crippen molar-refractivity contribution < 1.29 is 33.3 Å². The summed E-state index contributed by atoms with van der Waals surface area (Å²) in [7, 11) is 1.72. The second kappa shape index (κ2) is 11.1. The first kappa shape index (κ1) is 27.3. The number of hydrogen-bond donors (Lipinski definition) is 0. The fraction of sp³-hybridized carbons (Fsp3) is 0.667. The van der Waals surface area contributed by atoms with Crippen molar-refractivity contribution in [3.63, 3.8) is 0 Å².